The highest BCUT2D eigenvalue weighted by Gasteiger charge is 2.18. The molecule has 3 aromatic heterocycles. The molecule has 0 amide bonds. The van der Waals surface area contributed by atoms with Gasteiger partial charge in [0.2, 0.25) is 11.8 Å². The molecule has 1 aliphatic heterocycles. The Morgan fingerprint density at radius 3 is 2.45 bits per heavy atom. The lowest BCUT2D eigenvalue weighted by atomic mass is 10.1. The molecule has 1 fully saturated rings. The number of carbonyl (C=O) groups is 1. The molecule has 0 atom stereocenters. The van der Waals surface area contributed by atoms with E-state index in [4.69, 9.17) is 38.2 Å². The zero-order chi connectivity index (χ0) is 38.1. The standard InChI is InChI=1S/C42H43N5O7S/c1-5-51-39(48)24-30-11-14-32(15-12-30)40-43-36(28(2)54-40)27-52-37-18-13-31(23-38(37)49-4)26-53-41-33(25-47(45-41)34-9-7-6-8-10-34)16-17-35-29(3)55-42(44-35)46-19-21-50-22-20-46/h6-18,23,25H,5,19-22,24,26-27H2,1-4H3/b17-16+. The highest BCUT2D eigenvalue weighted by atomic mass is 32.1. The summed E-state index contributed by atoms with van der Waals surface area (Å²) in [6.45, 7) is 9.65. The molecule has 0 aliphatic carbocycles. The van der Waals surface area contributed by atoms with E-state index in [9.17, 15) is 4.79 Å². The number of benzene rings is 3. The third kappa shape index (κ3) is 9.25. The average Bonchev–Trinajstić information content (AvgIpc) is 3.92. The molecule has 13 heteroatoms. The Balaban J connectivity index is 1.02. The minimum atomic E-state index is -0.258. The predicted octanol–water partition coefficient (Wildman–Crippen LogP) is 7.88. The minimum Gasteiger partial charge on any atom is -0.493 e. The predicted molar refractivity (Wildman–Crippen MR) is 211 cm³/mol. The monoisotopic (exact) mass is 761 g/mol. The number of morpholine rings is 1. The van der Waals surface area contributed by atoms with Gasteiger partial charge < -0.3 is 33.0 Å². The highest BCUT2D eigenvalue weighted by Crippen LogP contribution is 2.32. The van der Waals surface area contributed by atoms with E-state index in [1.54, 1.807) is 25.4 Å². The van der Waals surface area contributed by atoms with Crippen molar-refractivity contribution in [1.29, 1.82) is 0 Å². The lowest BCUT2D eigenvalue weighted by Gasteiger charge is -2.25. The molecule has 0 radical (unpaired) electrons. The summed E-state index contributed by atoms with van der Waals surface area (Å²) >= 11 is 1.69. The van der Waals surface area contributed by atoms with Crippen LogP contribution in [0.3, 0.4) is 0 Å². The Bertz CT molecular complexity index is 2240. The number of para-hydroxylation sites is 1. The van der Waals surface area contributed by atoms with Crippen molar-refractivity contribution in [1.82, 2.24) is 19.7 Å². The highest BCUT2D eigenvalue weighted by molar-refractivity contribution is 7.15. The molecule has 12 nitrogen and oxygen atoms in total. The topological polar surface area (TPSA) is 123 Å². The van der Waals surface area contributed by atoms with Crippen LogP contribution in [-0.2, 0) is 33.9 Å². The van der Waals surface area contributed by atoms with Crippen LogP contribution in [0.5, 0.6) is 17.4 Å². The summed E-state index contributed by atoms with van der Waals surface area (Å²) in [5, 5.41) is 5.81. The number of aromatic nitrogens is 4. The van der Waals surface area contributed by atoms with Crippen molar-refractivity contribution in [3.05, 3.63) is 118 Å². The van der Waals surface area contributed by atoms with Crippen molar-refractivity contribution in [2.75, 3.05) is 44.9 Å². The molecule has 0 N–H and O–H groups in total. The van der Waals surface area contributed by atoms with Crippen LogP contribution in [0.25, 0.3) is 29.3 Å². The minimum absolute atomic E-state index is 0.182. The van der Waals surface area contributed by atoms with Crippen molar-refractivity contribution in [2.24, 2.45) is 0 Å². The van der Waals surface area contributed by atoms with E-state index in [2.05, 4.69) is 16.8 Å². The second kappa shape index (κ2) is 17.5. The van der Waals surface area contributed by atoms with E-state index in [1.165, 1.54) is 0 Å². The molecule has 284 valence electrons. The number of oxazole rings is 1. The molecule has 0 saturated carbocycles. The third-order valence-corrected chi connectivity index (χ3v) is 10.0. The van der Waals surface area contributed by atoms with E-state index in [-0.39, 0.29) is 25.6 Å². The van der Waals surface area contributed by atoms with Gasteiger partial charge in [-0.25, -0.2) is 14.6 Å². The molecular formula is C42H43N5O7S. The number of ether oxygens (including phenoxy) is 5. The quantitative estimate of drug-likeness (QED) is 0.0950. The molecule has 7 rings (SSSR count). The first kappa shape index (κ1) is 37.4. The van der Waals surface area contributed by atoms with Crippen molar-refractivity contribution in [2.45, 2.75) is 40.4 Å². The number of aryl methyl sites for hydroxylation is 2. The van der Waals surface area contributed by atoms with Gasteiger partial charge in [0.25, 0.3) is 0 Å². The number of rotatable bonds is 15. The molecule has 1 saturated heterocycles. The second-order valence-electron chi connectivity index (χ2n) is 12.8. The Morgan fingerprint density at radius 2 is 1.69 bits per heavy atom. The van der Waals surface area contributed by atoms with E-state index in [0.29, 0.717) is 54.5 Å². The summed E-state index contributed by atoms with van der Waals surface area (Å²) in [5.41, 5.74) is 5.87. The van der Waals surface area contributed by atoms with Gasteiger partial charge in [-0.1, -0.05) is 36.4 Å². The summed E-state index contributed by atoms with van der Waals surface area (Å²) in [5.74, 6) is 2.48. The maximum Gasteiger partial charge on any atom is 0.310 e. The number of anilines is 1. The summed E-state index contributed by atoms with van der Waals surface area (Å²) < 4.78 is 36.6. The number of hydrogen-bond donors (Lipinski definition) is 0. The van der Waals surface area contributed by atoms with Gasteiger partial charge >= 0.3 is 5.97 Å². The van der Waals surface area contributed by atoms with Gasteiger partial charge in [0.15, 0.2) is 16.6 Å². The van der Waals surface area contributed by atoms with Crippen LogP contribution in [0.4, 0.5) is 5.13 Å². The Morgan fingerprint density at radius 1 is 0.909 bits per heavy atom. The van der Waals surface area contributed by atoms with E-state index in [0.717, 1.165) is 56.7 Å². The van der Waals surface area contributed by atoms with E-state index >= 15 is 0 Å². The molecule has 55 heavy (non-hydrogen) atoms. The fourth-order valence-corrected chi connectivity index (χ4v) is 6.91. The van der Waals surface area contributed by atoms with Crippen LogP contribution in [0.2, 0.25) is 0 Å². The smallest absolute Gasteiger partial charge is 0.310 e. The largest absolute Gasteiger partial charge is 0.493 e. The molecule has 1 aliphatic rings. The number of hydrogen-bond acceptors (Lipinski definition) is 12. The Hall–Kier alpha value is -5.92. The Kier molecular flexibility index (Phi) is 11.9. The first-order valence-corrected chi connectivity index (χ1v) is 19.0. The van der Waals surface area contributed by atoms with Gasteiger partial charge in [-0.05, 0) is 80.4 Å². The average molecular weight is 762 g/mol. The zero-order valence-electron chi connectivity index (χ0n) is 31.3. The van der Waals surface area contributed by atoms with Crippen LogP contribution in [0.1, 0.15) is 45.6 Å². The first-order valence-electron chi connectivity index (χ1n) is 18.1. The molecule has 0 spiro atoms. The molecule has 3 aromatic carbocycles. The summed E-state index contributed by atoms with van der Waals surface area (Å²) in [4.78, 5) is 24.8. The van der Waals surface area contributed by atoms with Crippen LogP contribution in [0.15, 0.2) is 83.4 Å². The van der Waals surface area contributed by atoms with E-state index in [1.807, 2.05) is 103 Å². The van der Waals surface area contributed by atoms with Crippen LogP contribution in [-0.4, -0.2) is 65.7 Å². The number of thiazole rings is 1. The molecule has 0 bridgehead atoms. The third-order valence-electron chi connectivity index (χ3n) is 8.97. The van der Waals surface area contributed by atoms with E-state index < -0.39 is 0 Å². The van der Waals surface area contributed by atoms with Crippen molar-refractivity contribution >= 4 is 34.6 Å². The number of esters is 1. The van der Waals surface area contributed by atoms with Crippen LogP contribution < -0.4 is 19.1 Å². The second-order valence-corrected chi connectivity index (χ2v) is 14.0. The van der Waals surface area contributed by atoms with Gasteiger partial charge in [-0.15, -0.1) is 16.4 Å². The first-order chi connectivity index (χ1) is 26.9. The normalized spacial score (nSPS) is 13.0. The molecule has 6 aromatic rings. The Labute approximate surface area is 323 Å². The zero-order valence-corrected chi connectivity index (χ0v) is 32.1. The van der Waals surface area contributed by atoms with Gasteiger partial charge in [-0.3, -0.25) is 4.79 Å². The van der Waals surface area contributed by atoms with Crippen LogP contribution in [0, 0.1) is 13.8 Å². The van der Waals surface area contributed by atoms with Gasteiger partial charge in [-0.2, -0.15) is 0 Å². The fraction of sp³-hybridized carbons (Fsp3) is 0.286. The fourth-order valence-electron chi connectivity index (χ4n) is 5.97. The molecular weight excluding hydrogens is 719 g/mol. The number of methoxy groups -OCH3 is 1. The van der Waals surface area contributed by atoms with Gasteiger partial charge in [0, 0.05) is 29.7 Å². The summed E-state index contributed by atoms with van der Waals surface area (Å²) in [6, 6.07) is 23.1. The molecule has 0 unspecified atom stereocenters. The number of carbonyl (C=O) groups excluding carboxylic acids is 1. The maximum absolute atomic E-state index is 11.8. The lowest BCUT2D eigenvalue weighted by molar-refractivity contribution is -0.142. The molecule has 4 heterocycles. The summed E-state index contributed by atoms with van der Waals surface area (Å²) in [7, 11) is 1.60. The summed E-state index contributed by atoms with van der Waals surface area (Å²) in [6.07, 6.45) is 6.20. The van der Waals surface area contributed by atoms with Crippen molar-refractivity contribution in [3.63, 3.8) is 0 Å². The van der Waals surface area contributed by atoms with Crippen LogP contribution >= 0.6 is 11.3 Å². The van der Waals surface area contributed by atoms with Gasteiger partial charge in [0.05, 0.1) is 50.3 Å². The SMILES string of the molecule is CCOC(=O)Cc1ccc(-c2nc(COc3ccc(COc4nn(-c5ccccc5)cc4/C=C/c4nc(N5CCOCC5)sc4C)cc3OC)c(C)o2)cc1. The van der Waals surface area contributed by atoms with Gasteiger partial charge in [0.1, 0.15) is 24.7 Å². The lowest BCUT2D eigenvalue weighted by Crippen LogP contribution is -2.36. The van der Waals surface area contributed by atoms with Crippen molar-refractivity contribution in [3.8, 4) is 34.5 Å². The maximum atomic E-state index is 11.8. The van der Waals surface area contributed by atoms with Crippen molar-refractivity contribution < 1.29 is 32.9 Å². The number of nitrogens with zero attached hydrogens (tertiary/aromatic N) is 5.